The molecule has 1 heterocycles. The second-order valence-electron chi connectivity index (χ2n) is 2.84. The summed E-state index contributed by atoms with van der Waals surface area (Å²) in [5, 5.41) is 0. The Balaban J connectivity index is 2.67. The molecule has 0 aliphatic carbocycles. The Morgan fingerprint density at radius 2 is 2.33 bits per heavy atom. The fourth-order valence-corrected chi connectivity index (χ4v) is 1.32. The molecule has 0 fully saturated rings. The molecule has 0 unspecified atom stereocenters. The quantitative estimate of drug-likeness (QED) is 0.736. The van der Waals surface area contributed by atoms with Crippen molar-refractivity contribution in [2.75, 3.05) is 19.0 Å². The normalized spacial score (nSPS) is 10.7. The van der Waals surface area contributed by atoms with Crippen LogP contribution in [0.2, 0.25) is 0 Å². The van der Waals surface area contributed by atoms with Crippen molar-refractivity contribution in [3.05, 3.63) is 24.2 Å². The van der Waals surface area contributed by atoms with Crippen LogP contribution >= 0.6 is 11.6 Å². The zero-order chi connectivity index (χ0) is 11.3. The molecule has 3 nitrogen and oxygen atoms in total. The third kappa shape index (κ3) is 3.51. The van der Waals surface area contributed by atoms with Crippen LogP contribution in [0.15, 0.2) is 23.0 Å². The van der Waals surface area contributed by atoms with Crippen molar-refractivity contribution in [3.8, 4) is 0 Å². The lowest BCUT2D eigenvalue weighted by molar-refractivity contribution is 0.0570. The molecule has 1 rings (SSSR count). The molecule has 1 aromatic rings. The van der Waals surface area contributed by atoms with Crippen LogP contribution in [-0.2, 0) is 0 Å². The number of carbonyl (C=O) groups is 1. The van der Waals surface area contributed by atoms with Crippen LogP contribution in [0.1, 0.15) is 10.4 Å². The molecule has 0 saturated carbocycles. The molecule has 0 saturated heterocycles. The van der Waals surface area contributed by atoms with Crippen molar-refractivity contribution in [3.63, 3.8) is 0 Å². The highest BCUT2D eigenvalue weighted by molar-refractivity contribution is 6.18. The Bertz CT molecular complexity index is 303. The SMILES string of the molecule is O=C(c1ccoc1)N(CCCl)CC(F)F. The van der Waals surface area contributed by atoms with Crippen LogP contribution < -0.4 is 0 Å². The maximum atomic E-state index is 12.1. The van der Waals surface area contributed by atoms with Crippen molar-refractivity contribution >= 4 is 17.5 Å². The minimum atomic E-state index is -2.57. The molecule has 84 valence electrons. The standard InChI is InChI=1S/C9H10ClF2NO2/c10-2-3-13(5-8(11)12)9(14)7-1-4-15-6-7/h1,4,6,8H,2-3,5H2. The number of halogens is 3. The average molecular weight is 238 g/mol. The third-order valence-electron chi connectivity index (χ3n) is 1.77. The molecule has 1 amide bonds. The van der Waals surface area contributed by atoms with Gasteiger partial charge in [-0.05, 0) is 6.07 Å². The number of carbonyl (C=O) groups excluding carboxylic acids is 1. The molecular weight excluding hydrogens is 228 g/mol. The van der Waals surface area contributed by atoms with Gasteiger partial charge in [0.1, 0.15) is 6.26 Å². The Kier molecular flexibility index (Phi) is 4.55. The van der Waals surface area contributed by atoms with Gasteiger partial charge in [0.2, 0.25) is 0 Å². The number of nitrogens with zero attached hydrogens (tertiary/aromatic N) is 1. The van der Waals surface area contributed by atoms with E-state index in [0.29, 0.717) is 0 Å². The molecule has 0 N–H and O–H groups in total. The van der Waals surface area contributed by atoms with Gasteiger partial charge in [-0.15, -0.1) is 11.6 Å². The van der Waals surface area contributed by atoms with Gasteiger partial charge in [0, 0.05) is 12.4 Å². The van der Waals surface area contributed by atoms with E-state index in [1.165, 1.54) is 18.6 Å². The van der Waals surface area contributed by atoms with E-state index >= 15 is 0 Å². The van der Waals surface area contributed by atoms with Gasteiger partial charge >= 0.3 is 0 Å². The van der Waals surface area contributed by atoms with E-state index in [1.807, 2.05) is 0 Å². The van der Waals surface area contributed by atoms with E-state index in [4.69, 9.17) is 16.0 Å². The van der Waals surface area contributed by atoms with E-state index in [-0.39, 0.29) is 18.0 Å². The van der Waals surface area contributed by atoms with Crippen LogP contribution in [0.3, 0.4) is 0 Å². The van der Waals surface area contributed by atoms with Crippen molar-refractivity contribution in [2.24, 2.45) is 0 Å². The van der Waals surface area contributed by atoms with Gasteiger partial charge in [0.25, 0.3) is 12.3 Å². The summed E-state index contributed by atoms with van der Waals surface area (Å²) in [7, 11) is 0. The third-order valence-corrected chi connectivity index (χ3v) is 1.94. The second kappa shape index (κ2) is 5.70. The predicted molar refractivity (Wildman–Crippen MR) is 51.3 cm³/mol. The molecule has 0 atom stereocenters. The van der Waals surface area contributed by atoms with Crippen LogP contribution in [0.5, 0.6) is 0 Å². The smallest absolute Gasteiger partial charge is 0.257 e. The van der Waals surface area contributed by atoms with Crippen LogP contribution in [-0.4, -0.2) is 36.2 Å². The second-order valence-corrected chi connectivity index (χ2v) is 3.22. The highest BCUT2D eigenvalue weighted by Gasteiger charge is 2.19. The summed E-state index contributed by atoms with van der Waals surface area (Å²) in [6.45, 7) is -0.521. The molecule has 0 bridgehead atoms. The van der Waals surface area contributed by atoms with Gasteiger partial charge in [0.15, 0.2) is 0 Å². The Labute approximate surface area is 90.6 Å². The highest BCUT2D eigenvalue weighted by Crippen LogP contribution is 2.08. The largest absolute Gasteiger partial charge is 0.472 e. The molecule has 0 aliphatic heterocycles. The fraction of sp³-hybridized carbons (Fsp3) is 0.444. The van der Waals surface area contributed by atoms with Crippen molar-refractivity contribution in [2.45, 2.75) is 6.43 Å². The molecule has 15 heavy (non-hydrogen) atoms. The lowest BCUT2D eigenvalue weighted by atomic mass is 10.3. The van der Waals surface area contributed by atoms with Gasteiger partial charge < -0.3 is 9.32 Å². The zero-order valence-corrected chi connectivity index (χ0v) is 8.58. The number of amides is 1. The first-order valence-corrected chi connectivity index (χ1v) is 4.84. The summed E-state index contributed by atoms with van der Waals surface area (Å²) in [5.41, 5.74) is 0.251. The minimum absolute atomic E-state index is 0.0932. The number of furan rings is 1. The van der Waals surface area contributed by atoms with Gasteiger partial charge in [-0.1, -0.05) is 0 Å². The van der Waals surface area contributed by atoms with Gasteiger partial charge in [-0.2, -0.15) is 0 Å². The maximum Gasteiger partial charge on any atom is 0.257 e. The van der Waals surface area contributed by atoms with Crippen LogP contribution in [0, 0.1) is 0 Å². The van der Waals surface area contributed by atoms with E-state index in [1.54, 1.807) is 0 Å². The molecule has 1 aromatic heterocycles. The summed E-state index contributed by atoms with van der Waals surface area (Å²) < 4.78 is 29.0. The number of hydrogen-bond donors (Lipinski definition) is 0. The average Bonchev–Trinajstić information content (AvgIpc) is 2.68. The first-order chi connectivity index (χ1) is 7.15. The Hall–Kier alpha value is -1.10. The summed E-state index contributed by atoms with van der Waals surface area (Å²) in [6, 6.07) is 1.43. The van der Waals surface area contributed by atoms with Gasteiger partial charge in [-0.3, -0.25) is 4.79 Å². The maximum absolute atomic E-state index is 12.1. The Morgan fingerprint density at radius 3 is 2.80 bits per heavy atom. The molecule has 0 spiro atoms. The molecule has 0 aromatic carbocycles. The summed E-state index contributed by atoms with van der Waals surface area (Å²) in [5.74, 6) is -0.374. The fourth-order valence-electron chi connectivity index (χ4n) is 1.11. The monoisotopic (exact) mass is 237 g/mol. The van der Waals surface area contributed by atoms with E-state index < -0.39 is 18.9 Å². The zero-order valence-electron chi connectivity index (χ0n) is 7.83. The molecule has 6 heteroatoms. The first kappa shape index (κ1) is 12.0. The van der Waals surface area contributed by atoms with Crippen molar-refractivity contribution in [1.29, 1.82) is 0 Å². The van der Waals surface area contributed by atoms with Gasteiger partial charge in [-0.25, -0.2) is 8.78 Å². The topological polar surface area (TPSA) is 33.5 Å². The van der Waals surface area contributed by atoms with Gasteiger partial charge in [0.05, 0.1) is 18.4 Å². The summed E-state index contributed by atoms with van der Waals surface area (Å²) in [6.07, 6.45) is -0.0344. The molecule has 0 aliphatic rings. The highest BCUT2D eigenvalue weighted by atomic mass is 35.5. The van der Waals surface area contributed by atoms with Crippen molar-refractivity contribution < 1.29 is 18.0 Å². The minimum Gasteiger partial charge on any atom is -0.472 e. The first-order valence-electron chi connectivity index (χ1n) is 4.30. The van der Waals surface area contributed by atoms with E-state index in [9.17, 15) is 13.6 Å². The van der Waals surface area contributed by atoms with E-state index in [2.05, 4.69) is 0 Å². The van der Waals surface area contributed by atoms with Crippen LogP contribution in [0.4, 0.5) is 8.78 Å². The molecule has 0 radical (unpaired) electrons. The van der Waals surface area contributed by atoms with Crippen molar-refractivity contribution in [1.82, 2.24) is 4.90 Å². The lowest BCUT2D eigenvalue weighted by Gasteiger charge is -2.20. The molecular formula is C9H10ClF2NO2. The summed E-state index contributed by atoms with van der Waals surface area (Å²) in [4.78, 5) is 12.6. The number of hydrogen-bond acceptors (Lipinski definition) is 2. The van der Waals surface area contributed by atoms with E-state index in [0.717, 1.165) is 4.90 Å². The van der Waals surface area contributed by atoms with Crippen LogP contribution in [0.25, 0.3) is 0 Å². The summed E-state index contributed by atoms with van der Waals surface area (Å²) >= 11 is 5.42. The lowest BCUT2D eigenvalue weighted by Crippen LogP contribution is -2.36. The predicted octanol–water partition coefficient (Wildman–Crippen LogP) is 2.23. The number of rotatable bonds is 5. The number of alkyl halides is 3. The Morgan fingerprint density at radius 1 is 1.60 bits per heavy atom.